The molecule has 2 atom stereocenters. The second kappa shape index (κ2) is 7.71. The Morgan fingerprint density at radius 3 is 2.48 bits per heavy atom. The van der Waals surface area contributed by atoms with E-state index in [4.69, 9.17) is 0 Å². The molecule has 31 heavy (non-hydrogen) atoms. The van der Waals surface area contributed by atoms with Crippen LogP contribution in [0.5, 0.6) is 0 Å². The molecule has 3 nitrogen and oxygen atoms in total. The van der Waals surface area contributed by atoms with E-state index in [9.17, 15) is 26.7 Å². The summed E-state index contributed by atoms with van der Waals surface area (Å²) in [4.78, 5) is 17.2. The minimum atomic E-state index is -4.42. The Hall–Kier alpha value is -1.70. The number of rotatable bonds is 3. The molecule has 1 amide bonds. The standard InChI is InChI=1S/C23H29F5N2O/c1-15(2)21(7-5-19(12-21)30-10-8-22(24,25)14-30)20(31)29-9-6-16-3-4-18(23(26,27)28)11-17(16)13-29/h3-4,11,15,19H,5-10,12-14H2,1-2H3/t19-,21+/m1/s1. The van der Waals surface area contributed by atoms with Gasteiger partial charge in [-0.25, -0.2) is 8.78 Å². The summed E-state index contributed by atoms with van der Waals surface area (Å²) in [6, 6.07) is 3.71. The lowest BCUT2D eigenvalue weighted by atomic mass is 9.73. The van der Waals surface area contributed by atoms with E-state index in [2.05, 4.69) is 0 Å². The number of carbonyl (C=O) groups is 1. The summed E-state index contributed by atoms with van der Waals surface area (Å²) in [5.41, 5.74) is 0.0399. The fraction of sp³-hybridized carbons (Fsp3) is 0.696. The zero-order valence-corrected chi connectivity index (χ0v) is 17.9. The van der Waals surface area contributed by atoms with Crippen molar-refractivity contribution in [1.29, 1.82) is 0 Å². The number of likely N-dealkylation sites (tertiary alicyclic amines) is 1. The molecule has 0 radical (unpaired) electrons. The highest BCUT2D eigenvalue weighted by molar-refractivity contribution is 5.84. The Labute approximate surface area is 179 Å². The average Bonchev–Trinajstić information content (AvgIpc) is 3.30. The molecule has 1 aromatic rings. The molecule has 4 rings (SSSR count). The van der Waals surface area contributed by atoms with Gasteiger partial charge in [-0.2, -0.15) is 13.2 Å². The summed E-state index contributed by atoms with van der Waals surface area (Å²) in [7, 11) is 0. The number of nitrogens with zero attached hydrogens (tertiary/aromatic N) is 2. The minimum absolute atomic E-state index is 0.0241. The van der Waals surface area contributed by atoms with Crippen molar-refractivity contribution in [2.75, 3.05) is 19.6 Å². The summed E-state index contributed by atoms with van der Waals surface area (Å²) in [6.07, 6.45) is -2.18. The third-order valence-electron chi connectivity index (χ3n) is 7.60. The van der Waals surface area contributed by atoms with Crippen molar-refractivity contribution in [1.82, 2.24) is 9.80 Å². The largest absolute Gasteiger partial charge is 0.416 e. The first-order valence-electron chi connectivity index (χ1n) is 11.0. The zero-order valence-electron chi connectivity index (χ0n) is 17.9. The van der Waals surface area contributed by atoms with Crippen LogP contribution in [-0.4, -0.2) is 47.3 Å². The number of benzene rings is 1. The molecule has 1 saturated carbocycles. The number of amides is 1. The lowest BCUT2D eigenvalue weighted by Crippen LogP contribution is -2.48. The van der Waals surface area contributed by atoms with E-state index in [1.54, 1.807) is 4.90 Å². The number of alkyl halides is 5. The number of carbonyl (C=O) groups excluding carboxylic acids is 1. The van der Waals surface area contributed by atoms with Gasteiger partial charge in [-0.1, -0.05) is 19.9 Å². The quantitative estimate of drug-likeness (QED) is 0.604. The van der Waals surface area contributed by atoms with Crippen LogP contribution in [0, 0.1) is 11.3 Å². The summed E-state index contributed by atoms with van der Waals surface area (Å²) in [6.45, 7) is 4.70. The van der Waals surface area contributed by atoms with Crippen LogP contribution in [0.15, 0.2) is 18.2 Å². The maximum atomic E-state index is 13.7. The Kier molecular flexibility index (Phi) is 5.59. The van der Waals surface area contributed by atoms with E-state index in [1.807, 2.05) is 18.7 Å². The van der Waals surface area contributed by atoms with Gasteiger partial charge >= 0.3 is 6.18 Å². The van der Waals surface area contributed by atoms with Gasteiger partial charge in [-0.15, -0.1) is 0 Å². The van der Waals surface area contributed by atoms with Gasteiger partial charge in [0.15, 0.2) is 0 Å². The van der Waals surface area contributed by atoms with Crippen LogP contribution in [-0.2, 0) is 23.9 Å². The van der Waals surface area contributed by atoms with Crippen LogP contribution in [0.1, 0.15) is 56.2 Å². The van der Waals surface area contributed by atoms with Gasteiger partial charge in [0.05, 0.1) is 17.5 Å². The van der Waals surface area contributed by atoms with Crippen LogP contribution >= 0.6 is 0 Å². The van der Waals surface area contributed by atoms with Gasteiger partial charge in [0.1, 0.15) is 0 Å². The molecule has 3 aliphatic rings. The summed E-state index contributed by atoms with van der Waals surface area (Å²) in [5, 5.41) is 0. The molecule has 172 valence electrons. The van der Waals surface area contributed by atoms with E-state index < -0.39 is 23.1 Å². The minimum Gasteiger partial charge on any atom is -0.338 e. The Balaban J connectivity index is 1.52. The molecule has 1 aromatic carbocycles. The van der Waals surface area contributed by atoms with E-state index in [1.165, 1.54) is 6.07 Å². The number of fused-ring (bicyclic) bond motifs is 1. The van der Waals surface area contributed by atoms with Gasteiger partial charge in [0, 0.05) is 32.1 Å². The van der Waals surface area contributed by atoms with Crippen LogP contribution < -0.4 is 0 Å². The molecule has 2 fully saturated rings. The summed E-state index contributed by atoms with van der Waals surface area (Å²) in [5.74, 6) is -2.69. The second-order valence-corrected chi connectivity index (χ2v) is 9.74. The van der Waals surface area contributed by atoms with E-state index in [0.29, 0.717) is 44.3 Å². The SMILES string of the molecule is CC(C)[C@]1(C(=O)N2CCc3ccc(C(F)(F)F)cc3C2)CC[C@@H](N2CCC(F)(F)C2)C1. The Morgan fingerprint density at radius 1 is 1.13 bits per heavy atom. The van der Waals surface area contributed by atoms with Gasteiger partial charge in [0.2, 0.25) is 5.91 Å². The molecule has 0 spiro atoms. The molecule has 1 saturated heterocycles. The number of halogens is 5. The first kappa shape index (κ1) is 22.5. The average molecular weight is 444 g/mol. The van der Waals surface area contributed by atoms with E-state index >= 15 is 0 Å². The summed E-state index contributed by atoms with van der Waals surface area (Å²) < 4.78 is 66.8. The molecule has 8 heteroatoms. The highest BCUT2D eigenvalue weighted by Crippen LogP contribution is 2.49. The maximum absolute atomic E-state index is 13.7. The molecule has 0 aromatic heterocycles. The predicted octanol–water partition coefficient (Wildman–Crippen LogP) is 5.13. The van der Waals surface area contributed by atoms with E-state index in [-0.39, 0.29) is 37.4 Å². The smallest absolute Gasteiger partial charge is 0.338 e. The fourth-order valence-corrected chi connectivity index (χ4v) is 5.62. The molecule has 2 heterocycles. The highest BCUT2D eigenvalue weighted by atomic mass is 19.4. The molecule has 0 unspecified atom stereocenters. The Bertz CT molecular complexity index is 853. The number of hydrogen-bond acceptors (Lipinski definition) is 2. The normalized spacial score (nSPS) is 28.9. The summed E-state index contributed by atoms with van der Waals surface area (Å²) >= 11 is 0. The van der Waals surface area contributed by atoms with Gasteiger partial charge < -0.3 is 4.90 Å². The van der Waals surface area contributed by atoms with Crippen molar-refractivity contribution in [3.05, 3.63) is 34.9 Å². The van der Waals surface area contributed by atoms with Crippen molar-refractivity contribution in [2.45, 2.75) is 70.6 Å². The molecule has 1 aliphatic carbocycles. The van der Waals surface area contributed by atoms with Crippen molar-refractivity contribution >= 4 is 5.91 Å². The maximum Gasteiger partial charge on any atom is 0.416 e. The first-order chi connectivity index (χ1) is 14.4. The molecule has 0 N–H and O–H groups in total. The van der Waals surface area contributed by atoms with E-state index in [0.717, 1.165) is 17.7 Å². The van der Waals surface area contributed by atoms with Crippen LogP contribution in [0.25, 0.3) is 0 Å². The molecule has 0 bridgehead atoms. The van der Waals surface area contributed by atoms with Crippen LogP contribution in [0.2, 0.25) is 0 Å². The highest BCUT2D eigenvalue weighted by Gasteiger charge is 2.52. The van der Waals surface area contributed by atoms with Gasteiger partial charge in [-0.05, 0) is 54.9 Å². The van der Waals surface area contributed by atoms with Crippen LogP contribution in [0.4, 0.5) is 22.0 Å². The van der Waals surface area contributed by atoms with Crippen molar-refractivity contribution in [3.8, 4) is 0 Å². The third kappa shape index (κ3) is 4.20. The third-order valence-corrected chi connectivity index (χ3v) is 7.60. The lowest BCUT2D eigenvalue weighted by Gasteiger charge is -2.40. The zero-order chi connectivity index (χ0) is 22.6. The molecular weight excluding hydrogens is 415 g/mol. The van der Waals surface area contributed by atoms with Crippen LogP contribution in [0.3, 0.4) is 0 Å². The van der Waals surface area contributed by atoms with Crippen molar-refractivity contribution in [2.24, 2.45) is 11.3 Å². The van der Waals surface area contributed by atoms with Gasteiger partial charge in [0.25, 0.3) is 5.92 Å². The Morgan fingerprint density at radius 2 is 1.87 bits per heavy atom. The van der Waals surface area contributed by atoms with Gasteiger partial charge in [-0.3, -0.25) is 9.69 Å². The molecule has 2 aliphatic heterocycles. The second-order valence-electron chi connectivity index (χ2n) is 9.74. The van der Waals surface area contributed by atoms with Crippen molar-refractivity contribution < 1.29 is 26.7 Å². The van der Waals surface area contributed by atoms with Crippen molar-refractivity contribution in [3.63, 3.8) is 0 Å². The topological polar surface area (TPSA) is 23.6 Å². The monoisotopic (exact) mass is 444 g/mol. The lowest BCUT2D eigenvalue weighted by molar-refractivity contribution is -0.146. The fourth-order valence-electron chi connectivity index (χ4n) is 5.62. The molecular formula is C23H29F5N2O. The predicted molar refractivity (Wildman–Crippen MR) is 107 cm³/mol. The first-order valence-corrected chi connectivity index (χ1v) is 11.0. The number of hydrogen-bond donors (Lipinski definition) is 0.